The quantitative estimate of drug-likeness (QED) is 0.361. The summed E-state index contributed by atoms with van der Waals surface area (Å²) in [4.78, 5) is 21.7. The minimum absolute atomic E-state index is 0.248. The number of amides is 1. The Kier molecular flexibility index (Phi) is 6.20. The first kappa shape index (κ1) is 20.6. The van der Waals surface area contributed by atoms with Gasteiger partial charge in [-0.1, -0.05) is 18.2 Å². The van der Waals surface area contributed by atoms with Crippen LogP contribution >= 0.6 is 23.1 Å². The van der Waals surface area contributed by atoms with Gasteiger partial charge in [-0.15, -0.1) is 11.3 Å². The van der Waals surface area contributed by atoms with E-state index in [1.54, 1.807) is 18.3 Å². The molecule has 2 unspecified atom stereocenters. The topological polar surface area (TPSA) is 130 Å². The molecular weight excluding hydrogens is 444 g/mol. The second kappa shape index (κ2) is 9.02. The maximum atomic E-state index is 12.4. The highest BCUT2D eigenvalue weighted by Crippen LogP contribution is 2.28. The van der Waals surface area contributed by atoms with Crippen molar-refractivity contribution in [1.29, 1.82) is 0 Å². The normalized spacial score (nSPS) is 13.3. The number of carbonyl (C=O) groups is 1. The molecule has 3 aromatic heterocycles. The first-order chi connectivity index (χ1) is 14.5. The van der Waals surface area contributed by atoms with Crippen molar-refractivity contribution in [2.24, 2.45) is 0 Å². The molecule has 3 heterocycles. The van der Waals surface area contributed by atoms with Gasteiger partial charge in [0.2, 0.25) is 11.3 Å². The molecule has 0 spiro atoms. The van der Waals surface area contributed by atoms with Crippen LogP contribution < -0.4 is 10.0 Å². The van der Waals surface area contributed by atoms with Gasteiger partial charge in [-0.3, -0.25) is 14.3 Å². The van der Waals surface area contributed by atoms with E-state index in [0.717, 1.165) is 21.6 Å². The molecule has 0 saturated carbocycles. The van der Waals surface area contributed by atoms with E-state index in [0.29, 0.717) is 28.7 Å². The van der Waals surface area contributed by atoms with E-state index in [4.69, 9.17) is 0 Å². The summed E-state index contributed by atoms with van der Waals surface area (Å²) in [6, 6.07) is 8.08. The van der Waals surface area contributed by atoms with Gasteiger partial charge in [-0.2, -0.15) is 8.75 Å². The summed E-state index contributed by atoms with van der Waals surface area (Å²) in [5.41, 5.74) is 2.91. The number of nitrogens with zero attached hydrogens (tertiary/aromatic N) is 4. The molecule has 4 aromatic rings. The summed E-state index contributed by atoms with van der Waals surface area (Å²) in [6.45, 7) is 2.28. The van der Waals surface area contributed by atoms with Gasteiger partial charge in [0.25, 0.3) is 5.91 Å². The van der Waals surface area contributed by atoms with Crippen molar-refractivity contribution in [3.8, 4) is 0 Å². The molecule has 1 amide bonds. The lowest BCUT2D eigenvalue weighted by Gasteiger charge is -2.17. The Balaban J connectivity index is 1.56. The summed E-state index contributed by atoms with van der Waals surface area (Å²) >= 11 is 0.320. The average Bonchev–Trinajstić information content (AvgIpc) is 3.39. The molecule has 0 fully saturated rings. The maximum absolute atomic E-state index is 12.4. The minimum atomic E-state index is -2.27. The van der Waals surface area contributed by atoms with Gasteiger partial charge in [0.05, 0.1) is 29.3 Å². The lowest BCUT2D eigenvalue weighted by atomic mass is 9.99. The molecule has 30 heavy (non-hydrogen) atoms. The first-order valence-electron chi connectivity index (χ1n) is 8.75. The zero-order valence-corrected chi connectivity index (χ0v) is 18.1. The van der Waals surface area contributed by atoms with Crippen molar-refractivity contribution >= 4 is 51.3 Å². The third-order valence-corrected chi connectivity index (χ3v) is 6.18. The van der Waals surface area contributed by atoms with Crippen molar-refractivity contribution < 1.29 is 13.6 Å². The van der Waals surface area contributed by atoms with E-state index in [1.165, 1.54) is 17.5 Å². The largest absolute Gasteiger partial charge is 0.346 e. The molecule has 0 aliphatic carbocycles. The van der Waals surface area contributed by atoms with Crippen LogP contribution in [0.1, 0.15) is 37.5 Å². The fourth-order valence-electron chi connectivity index (χ4n) is 2.93. The number of aromatic nitrogens is 4. The van der Waals surface area contributed by atoms with Crippen LogP contribution in [-0.2, 0) is 17.8 Å². The summed E-state index contributed by atoms with van der Waals surface area (Å²) in [5.74, 6) is -0.311. The molecule has 0 saturated heterocycles. The van der Waals surface area contributed by atoms with Crippen molar-refractivity contribution in [3.05, 3.63) is 69.4 Å². The van der Waals surface area contributed by atoms with E-state index < -0.39 is 17.3 Å². The fraction of sp³-hybridized carbons (Fsp3) is 0.167. The minimum Gasteiger partial charge on any atom is -0.346 e. The van der Waals surface area contributed by atoms with Crippen molar-refractivity contribution in [2.75, 3.05) is 0 Å². The van der Waals surface area contributed by atoms with Gasteiger partial charge >= 0.3 is 0 Å². The van der Waals surface area contributed by atoms with Crippen LogP contribution in [0, 0.1) is 6.92 Å². The fourth-order valence-corrected chi connectivity index (χ4v) is 4.68. The van der Waals surface area contributed by atoms with E-state index in [-0.39, 0.29) is 11.6 Å². The molecule has 1 aromatic carbocycles. The Hall–Kier alpha value is -2.64. The maximum Gasteiger partial charge on any atom is 0.270 e. The lowest BCUT2D eigenvalue weighted by Crippen LogP contribution is -2.26. The molecule has 0 aliphatic rings. The highest BCUT2D eigenvalue weighted by Gasteiger charge is 2.21. The number of thiazole rings is 1. The van der Waals surface area contributed by atoms with Gasteiger partial charge < -0.3 is 5.32 Å². The Morgan fingerprint density at radius 2 is 2.07 bits per heavy atom. The van der Waals surface area contributed by atoms with Crippen LogP contribution in [0.15, 0.2) is 42.7 Å². The van der Waals surface area contributed by atoms with Crippen molar-refractivity contribution in [2.45, 2.75) is 19.5 Å². The highest BCUT2D eigenvalue weighted by molar-refractivity contribution is 7.77. The Morgan fingerprint density at radius 1 is 1.20 bits per heavy atom. The highest BCUT2D eigenvalue weighted by atomic mass is 32.2. The van der Waals surface area contributed by atoms with Crippen LogP contribution in [-0.4, -0.2) is 33.4 Å². The Morgan fingerprint density at radius 3 is 2.77 bits per heavy atom. The smallest absolute Gasteiger partial charge is 0.270 e. The van der Waals surface area contributed by atoms with Crippen LogP contribution in [0.25, 0.3) is 11.0 Å². The molecule has 12 heteroatoms. The number of benzene rings is 1. The predicted molar refractivity (Wildman–Crippen MR) is 115 cm³/mol. The third-order valence-electron chi connectivity index (χ3n) is 4.29. The molecule has 0 aliphatic heterocycles. The third kappa shape index (κ3) is 4.57. The van der Waals surface area contributed by atoms with Crippen molar-refractivity contribution in [3.63, 3.8) is 0 Å². The number of pyridine rings is 1. The molecule has 0 bridgehead atoms. The second-order valence-electron chi connectivity index (χ2n) is 6.28. The summed E-state index contributed by atoms with van der Waals surface area (Å²) in [7, 11) is 0. The molecule has 2 atom stereocenters. The molecule has 0 radical (unpaired) electrons. The van der Waals surface area contributed by atoms with E-state index >= 15 is 0 Å². The summed E-state index contributed by atoms with van der Waals surface area (Å²) < 4.78 is 32.1. The van der Waals surface area contributed by atoms with Gasteiger partial charge in [0, 0.05) is 22.8 Å². The Bertz CT molecular complexity index is 1210. The lowest BCUT2D eigenvalue weighted by molar-refractivity contribution is 0.0946. The zero-order chi connectivity index (χ0) is 21.1. The zero-order valence-electron chi connectivity index (χ0n) is 15.6. The van der Waals surface area contributed by atoms with Crippen LogP contribution in [0.4, 0.5) is 0 Å². The summed E-state index contributed by atoms with van der Waals surface area (Å²) in [6.07, 6.45) is 3.24. The average molecular weight is 461 g/mol. The molecule has 9 nitrogen and oxygen atoms in total. The molecular formula is C18H16N6O3S3. The van der Waals surface area contributed by atoms with Gasteiger partial charge in [0.15, 0.2) is 0 Å². The number of aryl methyl sites for hydroxylation is 1. The molecule has 3 N–H and O–H groups in total. The SMILES string of the molecule is Cc1ncc(CNC(=O)c2ccc(C(NS(=O)O)c3cccc4nsnc34)cn2)s1. The number of carbonyl (C=O) groups excluding carboxylic acids is 1. The standard InChI is InChI=1S/C18H16N6O3S3/c1-10-19-8-12(28-10)9-21-18(25)15-6-5-11(7-20-15)16(24-30(26)27)13-3-2-4-14-17(13)23-29-22-14/h2-8,16,24H,9H2,1H3,(H,21,25)(H,26,27). The van der Waals surface area contributed by atoms with Crippen LogP contribution in [0.2, 0.25) is 0 Å². The number of hydrogen-bond donors (Lipinski definition) is 3. The van der Waals surface area contributed by atoms with Crippen LogP contribution in [0.5, 0.6) is 0 Å². The van der Waals surface area contributed by atoms with Gasteiger partial charge in [-0.25, -0.2) is 13.9 Å². The van der Waals surface area contributed by atoms with Crippen molar-refractivity contribution in [1.82, 2.24) is 28.8 Å². The second-order valence-corrected chi connectivity index (χ2v) is 8.87. The number of rotatable bonds is 7. The van der Waals surface area contributed by atoms with E-state index in [1.807, 2.05) is 25.1 Å². The first-order valence-corrected chi connectivity index (χ1v) is 11.4. The van der Waals surface area contributed by atoms with Crippen LogP contribution in [0.3, 0.4) is 0 Å². The van der Waals surface area contributed by atoms with Gasteiger partial charge in [0.1, 0.15) is 16.7 Å². The molecule has 154 valence electrons. The van der Waals surface area contributed by atoms with E-state index in [2.05, 4.69) is 28.8 Å². The molecule has 4 rings (SSSR count). The van der Waals surface area contributed by atoms with E-state index in [9.17, 15) is 13.6 Å². The monoisotopic (exact) mass is 460 g/mol. The van der Waals surface area contributed by atoms with Gasteiger partial charge in [-0.05, 0) is 24.6 Å². The Labute approximate surface area is 182 Å². The number of nitrogens with one attached hydrogen (secondary N) is 2. The predicted octanol–water partition coefficient (Wildman–Crippen LogP) is 2.60. The number of fused-ring (bicyclic) bond motifs is 1. The number of hydrogen-bond acceptors (Lipinski definition) is 8. The summed E-state index contributed by atoms with van der Waals surface area (Å²) in [5, 5.41) is 3.75.